The third-order valence-corrected chi connectivity index (χ3v) is 3.87. The van der Waals surface area contributed by atoms with Crippen LogP contribution in [0.25, 0.3) is 0 Å². The van der Waals surface area contributed by atoms with Crippen LogP contribution in [-0.2, 0) is 5.11 Å². The van der Waals surface area contributed by atoms with E-state index < -0.39 is 12.2 Å². The molecule has 0 rings (SSSR count). The summed E-state index contributed by atoms with van der Waals surface area (Å²) in [6.07, 6.45) is 13.2. The smallest absolute Gasteiger partial charge is 0.119 e. The van der Waals surface area contributed by atoms with Crippen molar-refractivity contribution in [2.75, 3.05) is 0 Å². The molecule has 115 valence electrons. The van der Waals surface area contributed by atoms with Crippen molar-refractivity contribution in [2.24, 2.45) is 0 Å². The highest BCUT2D eigenvalue weighted by Gasteiger charge is 2.16. The van der Waals surface area contributed by atoms with Crippen molar-refractivity contribution in [1.29, 1.82) is 0 Å². The van der Waals surface area contributed by atoms with Gasteiger partial charge in [0.05, 0.1) is 6.10 Å². The maximum Gasteiger partial charge on any atom is 0.119 e. The Kier molecular flexibility index (Phi) is 14.3. The van der Waals surface area contributed by atoms with E-state index in [1.165, 1.54) is 51.4 Å². The van der Waals surface area contributed by atoms with Gasteiger partial charge in [-0.25, -0.2) is 5.11 Å². The van der Waals surface area contributed by atoms with Crippen LogP contribution >= 0.6 is 0 Å². The van der Waals surface area contributed by atoms with Crippen LogP contribution in [0.2, 0.25) is 0 Å². The van der Waals surface area contributed by atoms with E-state index in [1.807, 2.05) is 0 Å². The van der Waals surface area contributed by atoms with E-state index in [9.17, 15) is 10.2 Å². The van der Waals surface area contributed by atoms with Crippen LogP contribution in [0.15, 0.2) is 0 Å². The van der Waals surface area contributed by atoms with Crippen LogP contribution in [0.1, 0.15) is 97.3 Å². The van der Waals surface area contributed by atoms with E-state index in [0.717, 1.165) is 19.3 Å². The fourth-order valence-electron chi connectivity index (χ4n) is 2.46. The molecule has 0 aliphatic carbocycles. The highest BCUT2D eigenvalue weighted by molar-refractivity contribution is 4.67. The summed E-state index contributed by atoms with van der Waals surface area (Å²) in [5, 5.41) is 21.6. The Balaban J connectivity index is 3.35. The summed E-state index contributed by atoms with van der Waals surface area (Å²) in [5.74, 6) is 0. The Labute approximate surface area is 120 Å². The van der Waals surface area contributed by atoms with E-state index in [-0.39, 0.29) is 0 Å². The van der Waals surface area contributed by atoms with Crippen LogP contribution in [-0.4, -0.2) is 17.3 Å². The molecule has 0 aromatic rings. The average molecular weight is 271 g/mol. The Morgan fingerprint density at radius 3 is 1.63 bits per heavy atom. The first-order valence-electron chi connectivity index (χ1n) is 8.56. The van der Waals surface area contributed by atoms with Gasteiger partial charge in [-0.05, 0) is 12.8 Å². The lowest BCUT2D eigenvalue weighted by molar-refractivity contribution is -0.0354. The van der Waals surface area contributed by atoms with Gasteiger partial charge < -0.3 is 5.11 Å². The van der Waals surface area contributed by atoms with Crippen LogP contribution < -0.4 is 0 Å². The molecule has 1 radical (unpaired) electrons. The van der Waals surface area contributed by atoms with Crippen LogP contribution in [0.5, 0.6) is 0 Å². The van der Waals surface area contributed by atoms with Gasteiger partial charge in [0.25, 0.3) is 0 Å². The molecule has 0 aromatic carbocycles. The first-order valence-corrected chi connectivity index (χ1v) is 8.56. The SMILES string of the molecule is CCCCCCCCC(O)C([O])CCCCCCC. The van der Waals surface area contributed by atoms with Crippen molar-refractivity contribution >= 4 is 0 Å². The summed E-state index contributed by atoms with van der Waals surface area (Å²) in [4.78, 5) is 0. The molecule has 0 spiro atoms. The monoisotopic (exact) mass is 271 g/mol. The topological polar surface area (TPSA) is 40.1 Å². The molecule has 2 unspecified atom stereocenters. The largest absolute Gasteiger partial charge is 0.390 e. The molecule has 0 heterocycles. The van der Waals surface area contributed by atoms with E-state index >= 15 is 0 Å². The first kappa shape index (κ1) is 18.9. The molecule has 0 aromatic heterocycles. The fraction of sp³-hybridized carbons (Fsp3) is 1.00. The van der Waals surface area contributed by atoms with Gasteiger partial charge in [0.2, 0.25) is 0 Å². The van der Waals surface area contributed by atoms with Crippen molar-refractivity contribution in [3.8, 4) is 0 Å². The number of aliphatic hydroxyl groups excluding tert-OH is 1. The van der Waals surface area contributed by atoms with Gasteiger partial charge in [0.1, 0.15) is 6.10 Å². The summed E-state index contributed by atoms with van der Waals surface area (Å²) in [5.41, 5.74) is 0. The van der Waals surface area contributed by atoms with Gasteiger partial charge in [0.15, 0.2) is 0 Å². The molecular formula is C17H35O2. The van der Waals surface area contributed by atoms with E-state index in [2.05, 4.69) is 13.8 Å². The molecule has 0 bridgehead atoms. The number of hydrogen-bond acceptors (Lipinski definition) is 1. The van der Waals surface area contributed by atoms with Crippen molar-refractivity contribution in [3.05, 3.63) is 0 Å². The Morgan fingerprint density at radius 2 is 1.11 bits per heavy atom. The summed E-state index contributed by atoms with van der Waals surface area (Å²) in [6.45, 7) is 4.41. The second-order valence-electron chi connectivity index (χ2n) is 5.87. The normalized spacial score (nSPS) is 14.5. The summed E-state index contributed by atoms with van der Waals surface area (Å²) in [7, 11) is 0. The van der Waals surface area contributed by atoms with Gasteiger partial charge >= 0.3 is 0 Å². The second kappa shape index (κ2) is 14.3. The lowest BCUT2D eigenvalue weighted by Crippen LogP contribution is -2.24. The highest BCUT2D eigenvalue weighted by Crippen LogP contribution is 2.15. The first-order chi connectivity index (χ1) is 9.22. The molecule has 1 N–H and O–H groups in total. The van der Waals surface area contributed by atoms with Gasteiger partial charge in [0, 0.05) is 0 Å². The maximum atomic E-state index is 11.8. The van der Waals surface area contributed by atoms with E-state index in [1.54, 1.807) is 0 Å². The Morgan fingerprint density at radius 1 is 0.684 bits per heavy atom. The molecule has 0 amide bonds. The van der Waals surface area contributed by atoms with E-state index in [4.69, 9.17) is 0 Å². The fourth-order valence-corrected chi connectivity index (χ4v) is 2.46. The quantitative estimate of drug-likeness (QED) is 0.430. The van der Waals surface area contributed by atoms with Gasteiger partial charge in [-0.1, -0.05) is 84.5 Å². The number of unbranched alkanes of at least 4 members (excludes halogenated alkanes) is 9. The third-order valence-electron chi connectivity index (χ3n) is 3.87. The second-order valence-corrected chi connectivity index (χ2v) is 5.87. The lowest BCUT2D eigenvalue weighted by Gasteiger charge is -2.15. The lowest BCUT2D eigenvalue weighted by atomic mass is 10.00. The number of aliphatic hydroxyl groups is 1. The highest BCUT2D eigenvalue weighted by atomic mass is 16.3. The number of hydrogen-bond donors (Lipinski definition) is 1. The maximum absolute atomic E-state index is 11.8. The van der Waals surface area contributed by atoms with Crippen LogP contribution in [0.3, 0.4) is 0 Å². The minimum absolute atomic E-state index is 0.614. The molecule has 0 aliphatic heterocycles. The van der Waals surface area contributed by atoms with Gasteiger partial charge in [-0.3, -0.25) is 0 Å². The predicted octanol–water partition coefficient (Wildman–Crippen LogP) is 5.26. The van der Waals surface area contributed by atoms with Crippen LogP contribution in [0.4, 0.5) is 0 Å². The summed E-state index contributed by atoms with van der Waals surface area (Å²) in [6, 6.07) is 0. The van der Waals surface area contributed by atoms with Crippen molar-refractivity contribution < 1.29 is 10.2 Å². The average Bonchev–Trinajstić information content (AvgIpc) is 2.42. The molecule has 0 aliphatic rings. The van der Waals surface area contributed by atoms with Crippen molar-refractivity contribution in [2.45, 2.75) is 110 Å². The molecule has 0 saturated heterocycles. The molecule has 0 fully saturated rings. The Hall–Kier alpha value is -0.0800. The third kappa shape index (κ3) is 12.7. The summed E-state index contributed by atoms with van der Waals surface area (Å²) >= 11 is 0. The molecular weight excluding hydrogens is 236 g/mol. The van der Waals surface area contributed by atoms with E-state index in [0.29, 0.717) is 12.8 Å². The van der Waals surface area contributed by atoms with Gasteiger partial charge in [-0.2, -0.15) is 0 Å². The summed E-state index contributed by atoms with van der Waals surface area (Å²) < 4.78 is 0. The molecule has 19 heavy (non-hydrogen) atoms. The van der Waals surface area contributed by atoms with Crippen LogP contribution in [0, 0.1) is 0 Å². The minimum atomic E-state index is -0.753. The molecule has 0 saturated carbocycles. The zero-order valence-corrected chi connectivity index (χ0v) is 13.2. The van der Waals surface area contributed by atoms with Gasteiger partial charge in [-0.15, -0.1) is 0 Å². The van der Waals surface area contributed by atoms with Crippen molar-refractivity contribution in [1.82, 2.24) is 0 Å². The zero-order chi connectivity index (χ0) is 14.3. The molecule has 2 nitrogen and oxygen atoms in total. The standard InChI is InChI=1S/C17H35O2/c1-3-5-7-9-11-13-15-17(19)16(18)14-12-10-8-6-4-2/h16-17,19H,3-15H2,1-2H3. The Bertz CT molecular complexity index is 171. The van der Waals surface area contributed by atoms with Crippen molar-refractivity contribution in [3.63, 3.8) is 0 Å². The number of rotatable bonds is 14. The zero-order valence-electron chi connectivity index (χ0n) is 13.2. The predicted molar refractivity (Wildman–Crippen MR) is 81.9 cm³/mol. The minimum Gasteiger partial charge on any atom is -0.390 e. The molecule has 2 atom stereocenters. The molecule has 2 heteroatoms.